The number of carbonyl (C=O) groups is 1. The first kappa shape index (κ1) is 10.6. The zero-order valence-corrected chi connectivity index (χ0v) is 8.97. The molecule has 0 radical (unpaired) electrons. The summed E-state index contributed by atoms with van der Waals surface area (Å²) in [4.78, 5) is 11.6. The molecule has 2 rings (SSSR count). The van der Waals surface area contributed by atoms with Crippen molar-refractivity contribution in [2.24, 2.45) is 0 Å². The Bertz CT molecular complexity index is 445. The lowest BCUT2D eigenvalue weighted by molar-refractivity contribution is -0.150. The van der Waals surface area contributed by atoms with Gasteiger partial charge in [-0.05, 0) is 6.07 Å². The first-order chi connectivity index (χ1) is 7.74. The van der Waals surface area contributed by atoms with Crippen LogP contribution in [0.1, 0.15) is 18.4 Å². The highest BCUT2D eigenvalue weighted by molar-refractivity contribution is 5.78. The van der Waals surface area contributed by atoms with E-state index in [0.29, 0.717) is 0 Å². The van der Waals surface area contributed by atoms with Crippen molar-refractivity contribution < 1.29 is 14.3 Å². The molecule has 1 aliphatic heterocycles. The van der Waals surface area contributed by atoms with E-state index in [1.807, 2.05) is 31.2 Å². The van der Waals surface area contributed by atoms with E-state index in [4.69, 9.17) is 15.9 Å². The molecule has 82 valence electrons. The second-order valence-electron chi connectivity index (χ2n) is 3.68. The number of esters is 1. The van der Waals surface area contributed by atoms with Crippen LogP contribution in [-0.4, -0.2) is 18.7 Å². The number of fused-ring (bicyclic) bond motifs is 1. The largest absolute Gasteiger partial charge is 0.478 e. The summed E-state index contributed by atoms with van der Waals surface area (Å²) in [6.45, 7) is 1.93. The third-order valence-electron chi connectivity index (χ3n) is 2.65. The first-order valence-electron chi connectivity index (χ1n) is 5.09. The second kappa shape index (κ2) is 4.28. The van der Waals surface area contributed by atoms with E-state index in [2.05, 4.69) is 5.92 Å². The van der Waals surface area contributed by atoms with Gasteiger partial charge in [0.05, 0.1) is 0 Å². The van der Waals surface area contributed by atoms with Crippen LogP contribution in [0.25, 0.3) is 0 Å². The summed E-state index contributed by atoms with van der Waals surface area (Å²) < 4.78 is 10.4. The third kappa shape index (κ3) is 1.74. The van der Waals surface area contributed by atoms with Crippen molar-refractivity contribution in [3.8, 4) is 18.1 Å². The van der Waals surface area contributed by atoms with E-state index in [0.717, 1.165) is 11.3 Å². The zero-order valence-electron chi connectivity index (χ0n) is 8.97. The summed E-state index contributed by atoms with van der Waals surface area (Å²) in [5.41, 5.74) is 1.03. The summed E-state index contributed by atoms with van der Waals surface area (Å²) in [6, 6.07) is 7.60. The van der Waals surface area contributed by atoms with Crippen LogP contribution in [-0.2, 0) is 9.53 Å². The van der Waals surface area contributed by atoms with E-state index in [1.54, 1.807) is 0 Å². The number of ether oxygens (including phenoxy) is 2. The normalized spacial score (nSPS) is 21.8. The Kier molecular flexibility index (Phi) is 2.82. The Morgan fingerprint density at radius 1 is 1.56 bits per heavy atom. The molecule has 0 bridgehead atoms. The monoisotopic (exact) mass is 216 g/mol. The molecule has 0 aliphatic carbocycles. The van der Waals surface area contributed by atoms with Gasteiger partial charge in [-0.2, -0.15) is 0 Å². The minimum atomic E-state index is -0.578. The van der Waals surface area contributed by atoms with Gasteiger partial charge in [-0.3, -0.25) is 0 Å². The second-order valence-corrected chi connectivity index (χ2v) is 3.68. The summed E-state index contributed by atoms with van der Waals surface area (Å²) >= 11 is 0. The van der Waals surface area contributed by atoms with Crippen molar-refractivity contribution in [1.82, 2.24) is 0 Å². The first-order valence-corrected chi connectivity index (χ1v) is 5.09. The number of rotatable bonds is 2. The van der Waals surface area contributed by atoms with E-state index in [9.17, 15) is 4.79 Å². The van der Waals surface area contributed by atoms with E-state index in [1.165, 1.54) is 0 Å². The molecule has 0 amide bonds. The average Bonchev–Trinajstić information content (AvgIpc) is 2.64. The van der Waals surface area contributed by atoms with E-state index in [-0.39, 0.29) is 12.5 Å². The summed E-state index contributed by atoms with van der Waals surface area (Å²) in [5, 5.41) is 0. The molecule has 0 spiro atoms. The molecular weight excluding hydrogens is 204 g/mol. The van der Waals surface area contributed by atoms with Crippen LogP contribution in [0.5, 0.6) is 5.75 Å². The molecule has 1 aromatic rings. The van der Waals surface area contributed by atoms with Crippen molar-refractivity contribution >= 4 is 5.97 Å². The molecule has 2 unspecified atom stereocenters. The van der Waals surface area contributed by atoms with Crippen LogP contribution in [0.2, 0.25) is 0 Å². The topological polar surface area (TPSA) is 35.5 Å². The molecule has 1 heterocycles. The molecule has 16 heavy (non-hydrogen) atoms. The van der Waals surface area contributed by atoms with Crippen molar-refractivity contribution in [1.29, 1.82) is 0 Å². The maximum atomic E-state index is 11.6. The SMILES string of the molecule is C#CCOC(=O)C1Oc2ccccc2C1C. The molecule has 2 atom stereocenters. The molecule has 1 aromatic carbocycles. The van der Waals surface area contributed by atoms with Crippen molar-refractivity contribution in [3.05, 3.63) is 29.8 Å². The highest BCUT2D eigenvalue weighted by Gasteiger charge is 2.37. The highest BCUT2D eigenvalue weighted by atomic mass is 16.6. The number of carbonyl (C=O) groups excluding carboxylic acids is 1. The van der Waals surface area contributed by atoms with Gasteiger partial charge in [0, 0.05) is 11.5 Å². The predicted molar refractivity (Wildman–Crippen MR) is 59.1 cm³/mol. The van der Waals surface area contributed by atoms with Gasteiger partial charge in [0.25, 0.3) is 0 Å². The van der Waals surface area contributed by atoms with Crippen molar-refractivity contribution in [3.63, 3.8) is 0 Å². The lowest BCUT2D eigenvalue weighted by Crippen LogP contribution is -2.30. The number of benzene rings is 1. The lowest BCUT2D eigenvalue weighted by Gasteiger charge is -2.12. The van der Waals surface area contributed by atoms with Gasteiger partial charge >= 0.3 is 5.97 Å². The van der Waals surface area contributed by atoms with Gasteiger partial charge in [-0.1, -0.05) is 31.0 Å². The molecule has 0 saturated heterocycles. The Balaban J connectivity index is 2.13. The molecule has 3 nitrogen and oxygen atoms in total. The van der Waals surface area contributed by atoms with Crippen LogP contribution in [0.3, 0.4) is 0 Å². The van der Waals surface area contributed by atoms with Crippen LogP contribution >= 0.6 is 0 Å². The predicted octanol–water partition coefficient (Wildman–Crippen LogP) is 1.73. The lowest BCUT2D eigenvalue weighted by atomic mass is 9.98. The van der Waals surface area contributed by atoms with Gasteiger partial charge in [0.15, 0.2) is 6.61 Å². The van der Waals surface area contributed by atoms with Crippen molar-refractivity contribution in [2.45, 2.75) is 18.9 Å². The number of hydrogen-bond donors (Lipinski definition) is 0. The molecule has 0 saturated carbocycles. The number of terminal acetylenes is 1. The van der Waals surface area contributed by atoms with Gasteiger partial charge in [0.1, 0.15) is 5.75 Å². The molecule has 1 aliphatic rings. The Hall–Kier alpha value is -1.95. The summed E-state index contributed by atoms with van der Waals surface area (Å²) in [5.74, 6) is 2.61. The van der Waals surface area contributed by atoms with E-state index >= 15 is 0 Å². The third-order valence-corrected chi connectivity index (χ3v) is 2.65. The minimum absolute atomic E-state index is 0.00137. The minimum Gasteiger partial charge on any atom is -0.478 e. The quantitative estimate of drug-likeness (QED) is 0.558. The molecule has 3 heteroatoms. The van der Waals surface area contributed by atoms with Gasteiger partial charge < -0.3 is 9.47 Å². The Morgan fingerprint density at radius 3 is 3.00 bits per heavy atom. The van der Waals surface area contributed by atoms with Gasteiger partial charge in [-0.25, -0.2) is 4.79 Å². The number of para-hydroxylation sites is 1. The van der Waals surface area contributed by atoms with Crippen LogP contribution < -0.4 is 4.74 Å². The number of hydrogen-bond acceptors (Lipinski definition) is 3. The maximum absolute atomic E-state index is 11.6. The Labute approximate surface area is 94.4 Å². The molecule has 0 N–H and O–H groups in total. The van der Waals surface area contributed by atoms with Crippen molar-refractivity contribution in [2.75, 3.05) is 6.61 Å². The fourth-order valence-electron chi connectivity index (χ4n) is 1.81. The Morgan fingerprint density at radius 2 is 2.31 bits per heavy atom. The molecule has 0 aromatic heterocycles. The van der Waals surface area contributed by atoms with Crippen LogP contribution in [0.4, 0.5) is 0 Å². The van der Waals surface area contributed by atoms with Crippen LogP contribution in [0.15, 0.2) is 24.3 Å². The average molecular weight is 216 g/mol. The fourth-order valence-corrected chi connectivity index (χ4v) is 1.81. The van der Waals surface area contributed by atoms with Gasteiger partial charge in [-0.15, -0.1) is 6.42 Å². The summed E-state index contributed by atoms with van der Waals surface area (Å²) in [6.07, 6.45) is 4.45. The van der Waals surface area contributed by atoms with Gasteiger partial charge in [0.2, 0.25) is 6.10 Å². The summed E-state index contributed by atoms with van der Waals surface area (Å²) in [7, 11) is 0. The smallest absolute Gasteiger partial charge is 0.348 e. The zero-order chi connectivity index (χ0) is 11.5. The maximum Gasteiger partial charge on any atom is 0.348 e. The molecule has 0 fully saturated rings. The fraction of sp³-hybridized carbons (Fsp3) is 0.308. The molecular formula is C13H12O3. The van der Waals surface area contributed by atoms with Crippen LogP contribution in [0, 0.1) is 12.3 Å². The van der Waals surface area contributed by atoms with E-state index < -0.39 is 12.1 Å². The standard InChI is InChI=1S/C13H12O3/c1-3-8-15-13(14)12-9(2)10-6-4-5-7-11(10)16-12/h1,4-7,9,12H,8H2,2H3. The highest BCUT2D eigenvalue weighted by Crippen LogP contribution is 2.37.